The molecule has 0 unspecified atom stereocenters. The first-order valence-electron chi connectivity index (χ1n) is 11.2. The number of halogens is 1. The molecule has 0 heterocycles. The third kappa shape index (κ3) is 7.30. The summed E-state index contributed by atoms with van der Waals surface area (Å²) in [5.74, 6) is -0.737. The zero-order chi connectivity index (χ0) is 25.6. The highest BCUT2D eigenvalue weighted by atomic mass is 79.9. The van der Waals surface area contributed by atoms with Gasteiger partial charge in [0.15, 0.2) is 0 Å². The van der Waals surface area contributed by atoms with Gasteiger partial charge in [-0.25, -0.2) is 8.42 Å². The molecule has 2 atom stereocenters. The summed E-state index contributed by atoms with van der Waals surface area (Å²) in [6.45, 7) is 9.02. The minimum atomic E-state index is -3.75. The minimum Gasteiger partial charge on any atom is -0.352 e. The van der Waals surface area contributed by atoms with E-state index in [-0.39, 0.29) is 18.5 Å². The summed E-state index contributed by atoms with van der Waals surface area (Å²) in [5, 5.41) is 2.92. The zero-order valence-corrected chi connectivity index (χ0v) is 23.0. The van der Waals surface area contributed by atoms with Gasteiger partial charge in [-0.3, -0.25) is 13.9 Å². The maximum absolute atomic E-state index is 13.6. The molecule has 2 rings (SSSR count). The molecule has 186 valence electrons. The van der Waals surface area contributed by atoms with Crippen LogP contribution in [-0.2, 0) is 26.2 Å². The van der Waals surface area contributed by atoms with Crippen molar-refractivity contribution in [2.75, 3.05) is 17.1 Å². The first-order chi connectivity index (χ1) is 15.8. The average molecular weight is 553 g/mol. The second kappa shape index (κ2) is 11.8. The second-order valence-corrected chi connectivity index (χ2v) is 11.5. The van der Waals surface area contributed by atoms with Gasteiger partial charge in [0.2, 0.25) is 21.8 Å². The number of sulfonamides is 1. The molecule has 0 fully saturated rings. The van der Waals surface area contributed by atoms with E-state index in [9.17, 15) is 18.0 Å². The maximum atomic E-state index is 13.6. The standard InChI is InChI=1S/C25H34BrN3O4S/c1-7-18(3)27-25(31)20(5)28(15-21-11-13-22(26)14-12-21)24(30)16-29(34(6,32)33)23-10-8-9-17(2)19(23)4/h8-14,18,20H,7,15-16H2,1-6H3,(H,27,31)/t18-,20-/m1/s1. The number of carbonyl (C=O) groups excluding carboxylic acids is 2. The molecule has 0 aliphatic rings. The molecule has 0 aromatic heterocycles. The van der Waals surface area contributed by atoms with Gasteiger partial charge in [0.05, 0.1) is 11.9 Å². The summed E-state index contributed by atoms with van der Waals surface area (Å²) >= 11 is 3.40. The smallest absolute Gasteiger partial charge is 0.244 e. The fourth-order valence-corrected chi connectivity index (χ4v) is 4.60. The Hall–Kier alpha value is -2.39. The van der Waals surface area contributed by atoms with Crippen molar-refractivity contribution in [3.05, 3.63) is 63.6 Å². The lowest BCUT2D eigenvalue weighted by atomic mass is 10.1. The van der Waals surface area contributed by atoms with E-state index in [4.69, 9.17) is 0 Å². The fraction of sp³-hybridized carbons (Fsp3) is 0.440. The quantitative estimate of drug-likeness (QED) is 0.480. The van der Waals surface area contributed by atoms with Crippen LogP contribution in [0.25, 0.3) is 0 Å². The van der Waals surface area contributed by atoms with Crippen molar-refractivity contribution in [1.82, 2.24) is 10.2 Å². The number of anilines is 1. The van der Waals surface area contributed by atoms with E-state index in [1.54, 1.807) is 19.1 Å². The molecule has 9 heteroatoms. The molecule has 2 amide bonds. The van der Waals surface area contributed by atoms with Gasteiger partial charge in [-0.1, -0.05) is 47.1 Å². The number of carbonyl (C=O) groups is 2. The molecule has 2 aromatic carbocycles. The summed E-state index contributed by atoms with van der Waals surface area (Å²) in [5.41, 5.74) is 2.99. The SMILES string of the molecule is CC[C@@H](C)NC(=O)[C@@H](C)N(Cc1ccc(Br)cc1)C(=O)CN(c1cccc(C)c1C)S(C)(=O)=O. The van der Waals surface area contributed by atoms with E-state index < -0.39 is 28.5 Å². The fourth-order valence-electron chi connectivity index (χ4n) is 3.44. The first-order valence-corrected chi connectivity index (χ1v) is 13.9. The van der Waals surface area contributed by atoms with Gasteiger partial charge in [0, 0.05) is 17.1 Å². The van der Waals surface area contributed by atoms with E-state index in [0.29, 0.717) is 5.69 Å². The maximum Gasteiger partial charge on any atom is 0.244 e. The second-order valence-electron chi connectivity index (χ2n) is 8.63. The Kier molecular flexibility index (Phi) is 9.70. The van der Waals surface area contributed by atoms with E-state index >= 15 is 0 Å². The van der Waals surface area contributed by atoms with Crippen LogP contribution >= 0.6 is 15.9 Å². The van der Waals surface area contributed by atoms with Crippen molar-refractivity contribution in [2.24, 2.45) is 0 Å². The van der Waals surface area contributed by atoms with Gasteiger partial charge in [-0.05, 0) is 69.0 Å². The molecule has 1 N–H and O–H groups in total. The molecule has 0 saturated carbocycles. The van der Waals surface area contributed by atoms with Crippen LogP contribution in [0.3, 0.4) is 0 Å². The first kappa shape index (κ1) is 27.9. The van der Waals surface area contributed by atoms with Crippen molar-refractivity contribution in [2.45, 2.75) is 59.7 Å². The molecule has 34 heavy (non-hydrogen) atoms. The number of aryl methyl sites for hydroxylation is 1. The highest BCUT2D eigenvalue weighted by Crippen LogP contribution is 2.25. The summed E-state index contributed by atoms with van der Waals surface area (Å²) in [6, 6.07) is 12.0. The Bertz CT molecular complexity index is 1120. The number of benzene rings is 2. The molecule has 0 radical (unpaired) electrons. The van der Waals surface area contributed by atoms with Gasteiger partial charge < -0.3 is 10.2 Å². The molecule has 0 bridgehead atoms. The molecular weight excluding hydrogens is 518 g/mol. The lowest BCUT2D eigenvalue weighted by Crippen LogP contribution is -2.52. The van der Waals surface area contributed by atoms with Crippen LogP contribution in [-0.4, -0.2) is 50.0 Å². The van der Waals surface area contributed by atoms with E-state index in [0.717, 1.165) is 38.1 Å². The number of nitrogens with one attached hydrogen (secondary N) is 1. The Morgan fingerprint density at radius 2 is 1.68 bits per heavy atom. The van der Waals surface area contributed by atoms with Crippen LogP contribution in [0.5, 0.6) is 0 Å². The van der Waals surface area contributed by atoms with Crippen LogP contribution in [0, 0.1) is 13.8 Å². The lowest BCUT2D eigenvalue weighted by molar-refractivity contribution is -0.139. The van der Waals surface area contributed by atoms with Gasteiger partial charge in [-0.2, -0.15) is 0 Å². The molecule has 0 aliphatic heterocycles. The summed E-state index contributed by atoms with van der Waals surface area (Å²) in [7, 11) is -3.75. The molecular formula is C25H34BrN3O4S. The third-order valence-corrected chi connectivity index (χ3v) is 7.61. The van der Waals surface area contributed by atoms with Gasteiger partial charge in [0.1, 0.15) is 12.6 Å². The van der Waals surface area contributed by atoms with Crippen molar-refractivity contribution in [3.8, 4) is 0 Å². The number of hydrogen-bond donors (Lipinski definition) is 1. The number of nitrogens with zero attached hydrogens (tertiary/aromatic N) is 2. The summed E-state index contributed by atoms with van der Waals surface area (Å²) < 4.78 is 27.4. The number of rotatable bonds is 10. The predicted molar refractivity (Wildman–Crippen MR) is 140 cm³/mol. The highest BCUT2D eigenvalue weighted by Gasteiger charge is 2.31. The van der Waals surface area contributed by atoms with Gasteiger partial charge in [0.25, 0.3) is 0 Å². The van der Waals surface area contributed by atoms with Gasteiger partial charge in [-0.15, -0.1) is 0 Å². The molecule has 7 nitrogen and oxygen atoms in total. The Balaban J connectivity index is 2.42. The monoisotopic (exact) mass is 551 g/mol. The molecule has 0 saturated heterocycles. The van der Waals surface area contributed by atoms with Gasteiger partial charge >= 0.3 is 0 Å². The van der Waals surface area contributed by atoms with E-state index in [1.165, 1.54) is 4.90 Å². The van der Waals surface area contributed by atoms with Crippen molar-refractivity contribution < 1.29 is 18.0 Å². The minimum absolute atomic E-state index is 0.0398. The average Bonchev–Trinajstić information content (AvgIpc) is 2.77. The Labute approximate surface area is 211 Å². The van der Waals surface area contributed by atoms with E-state index in [1.807, 2.05) is 58.0 Å². The summed E-state index contributed by atoms with van der Waals surface area (Å²) in [6.07, 6.45) is 1.84. The van der Waals surface area contributed by atoms with Crippen LogP contribution in [0.15, 0.2) is 46.9 Å². The number of amides is 2. The molecule has 0 aliphatic carbocycles. The molecule has 0 spiro atoms. The Morgan fingerprint density at radius 3 is 2.24 bits per heavy atom. The highest BCUT2D eigenvalue weighted by molar-refractivity contribution is 9.10. The summed E-state index contributed by atoms with van der Waals surface area (Å²) in [4.78, 5) is 27.9. The lowest BCUT2D eigenvalue weighted by Gasteiger charge is -2.32. The van der Waals surface area contributed by atoms with Crippen molar-refractivity contribution >= 4 is 43.5 Å². The topological polar surface area (TPSA) is 86.8 Å². The van der Waals surface area contributed by atoms with Crippen molar-refractivity contribution in [3.63, 3.8) is 0 Å². The van der Waals surface area contributed by atoms with E-state index in [2.05, 4.69) is 21.2 Å². The van der Waals surface area contributed by atoms with Crippen LogP contribution in [0.1, 0.15) is 43.9 Å². The Morgan fingerprint density at radius 1 is 1.06 bits per heavy atom. The third-order valence-electron chi connectivity index (χ3n) is 5.96. The van der Waals surface area contributed by atoms with Crippen LogP contribution in [0.2, 0.25) is 0 Å². The number of hydrogen-bond acceptors (Lipinski definition) is 4. The predicted octanol–water partition coefficient (Wildman–Crippen LogP) is 4.16. The van der Waals surface area contributed by atoms with Crippen LogP contribution < -0.4 is 9.62 Å². The van der Waals surface area contributed by atoms with Crippen molar-refractivity contribution in [1.29, 1.82) is 0 Å². The zero-order valence-electron chi connectivity index (χ0n) is 20.6. The normalized spacial score (nSPS) is 13.1. The largest absolute Gasteiger partial charge is 0.352 e. The molecule has 2 aromatic rings. The van der Waals surface area contributed by atoms with Crippen LogP contribution in [0.4, 0.5) is 5.69 Å².